The zero-order chi connectivity index (χ0) is 22.5. The van der Waals surface area contributed by atoms with E-state index in [1.165, 1.54) is 28.9 Å². The highest BCUT2D eigenvalue weighted by molar-refractivity contribution is 6.32. The first kappa shape index (κ1) is 22.0. The molecule has 2 aromatic carbocycles. The molecule has 0 aliphatic carbocycles. The molecule has 3 rings (SSSR count). The van der Waals surface area contributed by atoms with Crippen LogP contribution in [0, 0.1) is 24.0 Å². The van der Waals surface area contributed by atoms with Crippen LogP contribution in [0.15, 0.2) is 48.5 Å². The highest BCUT2D eigenvalue weighted by Gasteiger charge is 2.22. The summed E-state index contributed by atoms with van der Waals surface area (Å²) in [7, 11) is 0. The predicted molar refractivity (Wildman–Crippen MR) is 114 cm³/mol. The second-order valence-electron chi connectivity index (χ2n) is 6.82. The second-order valence-corrected chi connectivity index (χ2v) is 7.18. The highest BCUT2D eigenvalue weighted by atomic mass is 35.5. The summed E-state index contributed by atoms with van der Waals surface area (Å²) in [4.78, 5) is 34.6. The molecule has 1 aromatic heterocycles. The van der Waals surface area contributed by atoms with E-state index in [2.05, 4.69) is 10.4 Å². The number of nitro benzene ring substituents is 1. The number of esters is 1. The van der Waals surface area contributed by atoms with E-state index in [0.717, 1.165) is 11.1 Å². The topological polar surface area (TPSA) is 116 Å². The Labute approximate surface area is 182 Å². The number of non-ortho nitro benzene ring substituents is 1. The van der Waals surface area contributed by atoms with Gasteiger partial charge in [0.25, 0.3) is 11.6 Å². The first-order chi connectivity index (χ1) is 14.7. The molecule has 0 atom stereocenters. The molecule has 0 saturated carbocycles. The van der Waals surface area contributed by atoms with Crippen LogP contribution >= 0.6 is 11.6 Å². The van der Waals surface area contributed by atoms with E-state index in [0.29, 0.717) is 17.9 Å². The molecular formula is C21H19ClN4O5. The number of amides is 1. The summed E-state index contributed by atoms with van der Waals surface area (Å²) in [5.74, 6) is -1.36. The van der Waals surface area contributed by atoms with Gasteiger partial charge in [-0.15, -0.1) is 0 Å². The fraction of sp³-hybridized carbons (Fsp3) is 0.190. The summed E-state index contributed by atoms with van der Waals surface area (Å²) < 4.78 is 6.56. The summed E-state index contributed by atoms with van der Waals surface area (Å²) in [6.07, 6.45) is 0. The van der Waals surface area contributed by atoms with E-state index >= 15 is 0 Å². The van der Waals surface area contributed by atoms with Crippen LogP contribution in [0.5, 0.6) is 0 Å². The van der Waals surface area contributed by atoms with Crippen molar-refractivity contribution < 1.29 is 19.2 Å². The minimum atomic E-state index is -0.767. The summed E-state index contributed by atoms with van der Waals surface area (Å²) in [5, 5.41) is 17.6. The van der Waals surface area contributed by atoms with Gasteiger partial charge >= 0.3 is 5.97 Å². The van der Waals surface area contributed by atoms with Crippen LogP contribution in [0.3, 0.4) is 0 Å². The smallest absolute Gasteiger partial charge is 0.343 e. The zero-order valence-electron chi connectivity index (χ0n) is 16.8. The number of benzene rings is 2. The minimum absolute atomic E-state index is 0.0944. The first-order valence-corrected chi connectivity index (χ1v) is 9.62. The molecule has 0 spiro atoms. The molecule has 31 heavy (non-hydrogen) atoms. The van der Waals surface area contributed by atoms with Crippen LogP contribution < -0.4 is 5.32 Å². The molecule has 0 bridgehead atoms. The van der Waals surface area contributed by atoms with Gasteiger partial charge in [-0.3, -0.25) is 14.9 Å². The van der Waals surface area contributed by atoms with Gasteiger partial charge in [-0.05, 0) is 31.5 Å². The third-order valence-electron chi connectivity index (χ3n) is 4.42. The maximum atomic E-state index is 12.5. The van der Waals surface area contributed by atoms with Crippen molar-refractivity contribution in [3.8, 4) is 0 Å². The number of carbonyl (C=O) groups is 2. The summed E-state index contributed by atoms with van der Waals surface area (Å²) in [6, 6.07) is 13.1. The third kappa shape index (κ3) is 5.46. The molecule has 10 heteroatoms. The third-order valence-corrected chi connectivity index (χ3v) is 4.80. The largest absolute Gasteiger partial charge is 0.452 e. The lowest BCUT2D eigenvalue weighted by Gasteiger charge is -2.07. The van der Waals surface area contributed by atoms with Crippen LogP contribution in [-0.2, 0) is 16.1 Å². The number of aryl methyl sites for hydroxylation is 2. The van der Waals surface area contributed by atoms with Crippen molar-refractivity contribution in [1.29, 1.82) is 0 Å². The van der Waals surface area contributed by atoms with Crippen molar-refractivity contribution in [2.75, 3.05) is 11.9 Å². The Bertz CT molecular complexity index is 1120. The number of nitro groups is 1. The van der Waals surface area contributed by atoms with Gasteiger partial charge < -0.3 is 10.1 Å². The molecule has 0 aliphatic heterocycles. The number of rotatable bonds is 7. The van der Waals surface area contributed by atoms with E-state index in [4.69, 9.17) is 16.3 Å². The van der Waals surface area contributed by atoms with E-state index in [9.17, 15) is 19.7 Å². The molecule has 0 saturated heterocycles. The molecule has 1 amide bonds. The van der Waals surface area contributed by atoms with Crippen LogP contribution in [-0.4, -0.2) is 33.2 Å². The minimum Gasteiger partial charge on any atom is -0.452 e. The highest BCUT2D eigenvalue weighted by Crippen LogP contribution is 2.22. The average Bonchev–Trinajstić information content (AvgIpc) is 3.01. The lowest BCUT2D eigenvalue weighted by Crippen LogP contribution is -2.21. The van der Waals surface area contributed by atoms with Crippen LogP contribution in [0.25, 0.3) is 0 Å². The van der Waals surface area contributed by atoms with Gasteiger partial charge in [0, 0.05) is 17.8 Å². The molecule has 0 radical (unpaired) electrons. The lowest BCUT2D eigenvalue weighted by atomic mass is 10.1. The summed E-state index contributed by atoms with van der Waals surface area (Å²) in [5.41, 5.74) is 2.82. The zero-order valence-corrected chi connectivity index (χ0v) is 17.5. The second kappa shape index (κ2) is 9.40. The van der Waals surface area contributed by atoms with Gasteiger partial charge in [0.2, 0.25) is 0 Å². The van der Waals surface area contributed by atoms with Gasteiger partial charge in [0.1, 0.15) is 10.7 Å². The van der Waals surface area contributed by atoms with Gasteiger partial charge in [-0.2, -0.15) is 5.10 Å². The van der Waals surface area contributed by atoms with Crippen molar-refractivity contribution >= 4 is 34.9 Å². The van der Waals surface area contributed by atoms with Crippen molar-refractivity contribution in [2.24, 2.45) is 0 Å². The number of carbonyl (C=O) groups excluding carboxylic acids is 2. The number of hydrogen-bond donors (Lipinski definition) is 1. The van der Waals surface area contributed by atoms with E-state index in [1.807, 2.05) is 31.2 Å². The Morgan fingerprint density at radius 2 is 1.77 bits per heavy atom. The van der Waals surface area contributed by atoms with E-state index < -0.39 is 23.4 Å². The molecule has 3 aromatic rings. The van der Waals surface area contributed by atoms with E-state index in [1.54, 1.807) is 6.92 Å². The Morgan fingerprint density at radius 1 is 1.13 bits per heavy atom. The van der Waals surface area contributed by atoms with E-state index in [-0.39, 0.29) is 16.4 Å². The normalized spacial score (nSPS) is 10.5. The monoisotopic (exact) mass is 442 g/mol. The Kier molecular flexibility index (Phi) is 6.66. The molecule has 0 aliphatic rings. The lowest BCUT2D eigenvalue weighted by molar-refractivity contribution is -0.384. The molecule has 1 N–H and O–H groups in total. The maximum absolute atomic E-state index is 12.5. The number of anilines is 1. The van der Waals surface area contributed by atoms with Crippen LogP contribution in [0.4, 0.5) is 11.4 Å². The van der Waals surface area contributed by atoms with Crippen molar-refractivity contribution in [1.82, 2.24) is 9.78 Å². The van der Waals surface area contributed by atoms with Crippen LogP contribution in [0.2, 0.25) is 5.15 Å². The Morgan fingerprint density at radius 3 is 2.39 bits per heavy atom. The molecule has 0 fully saturated rings. The fourth-order valence-corrected chi connectivity index (χ4v) is 3.13. The van der Waals surface area contributed by atoms with Gasteiger partial charge in [0.05, 0.1) is 17.2 Å². The quantitative estimate of drug-likeness (QED) is 0.337. The maximum Gasteiger partial charge on any atom is 0.343 e. The number of ether oxygens (including phenoxy) is 1. The predicted octanol–water partition coefficient (Wildman–Crippen LogP) is 3.91. The Balaban J connectivity index is 1.61. The van der Waals surface area contributed by atoms with Gasteiger partial charge in [-0.25, -0.2) is 9.48 Å². The van der Waals surface area contributed by atoms with Crippen molar-refractivity contribution in [3.63, 3.8) is 0 Å². The SMILES string of the molecule is Cc1ccc(Cn2nc(C)c(C(=O)OCC(=O)Nc3ccc([N+](=O)[O-])cc3)c2Cl)cc1. The Hall–Kier alpha value is -3.72. The van der Waals surface area contributed by atoms with Gasteiger partial charge in [-0.1, -0.05) is 41.4 Å². The molecular weight excluding hydrogens is 424 g/mol. The number of nitrogens with zero attached hydrogens (tertiary/aromatic N) is 3. The molecule has 160 valence electrons. The number of aromatic nitrogens is 2. The summed E-state index contributed by atoms with van der Waals surface area (Å²) >= 11 is 6.34. The van der Waals surface area contributed by atoms with Gasteiger partial charge in [0.15, 0.2) is 6.61 Å². The molecule has 1 heterocycles. The fourth-order valence-electron chi connectivity index (χ4n) is 2.82. The average molecular weight is 443 g/mol. The standard InChI is InChI=1S/C21H19ClN4O5/c1-13-3-5-15(6-4-13)11-25-20(22)19(14(2)24-25)21(28)31-12-18(27)23-16-7-9-17(10-8-16)26(29)30/h3-10H,11-12H2,1-2H3,(H,23,27). The number of nitrogens with one attached hydrogen (secondary N) is 1. The van der Waals surface area contributed by atoms with Crippen molar-refractivity contribution in [3.05, 3.63) is 86.2 Å². The van der Waals surface area contributed by atoms with Crippen LogP contribution in [0.1, 0.15) is 27.2 Å². The number of halogens is 1. The summed E-state index contributed by atoms with van der Waals surface area (Å²) in [6.45, 7) is 3.45. The van der Waals surface area contributed by atoms with Crippen molar-refractivity contribution in [2.45, 2.75) is 20.4 Å². The number of hydrogen-bond acceptors (Lipinski definition) is 6. The molecule has 9 nitrogen and oxygen atoms in total. The first-order valence-electron chi connectivity index (χ1n) is 9.24. The molecule has 0 unspecified atom stereocenters.